The molecule has 0 saturated heterocycles. The van der Waals surface area contributed by atoms with Gasteiger partial charge >= 0.3 is 12.1 Å². The Morgan fingerprint density at radius 1 is 1.00 bits per heavy atom. The minimum Gasteiger partial charge on any atom is -0.491 e. The number of carbonyl (C=O) groups is 1. The summed E-state index contributed by atoms with van der Waals surface area (Å²) in [7, 11) is 0. The molecule has 42 heavy (non-hydrogen) atoms. The number of nitrogens with zero attached hydrogens (tertiary/aromatic N) is 2. The van der Waals surface area contributed by atoms with Crippen LogP contribution in [0.5, 0.6) is 5.75 Å². The number of alkyl halides is 3. The fourth-order valence-corrected chi connectivity index (χ4v) is 4.56. The molecule has 0 unspecified atom stereocenters. The van der Waals surface area contributed by atoms with Crippen molar-refractivity contribution in [1.29, 1.82) is 0 Å². The molecule has 0 spiro atoms. The van der Waals surface area contributed by atoms with Crippen molar-refractivity contribution in [2.75, 3.05) is 19.8 Å². The van der Waals surface area contributed by atoms with Gasteiger partial charge in [-0.25, -0.2) is 9.78 Å². The molecule has 9 nitrogen and oxygen atoms in total. The number of benzene rings is 3. The van der Waals surface area contributed by atoms with E-state index in [4.69, 9.17) is 26.2 Å². The predicted molar refractivity (Wildman–Crippen MR) is 149 cm³/mol. The smallest absolute Gasteiger partial charge is 0.416 e. The van der Waals surface area contributed by atoms with E-state index in [1.54, 1.807) is 30.3 Å². The van der Waals surface area contributed by atoms with Crippen molar-refractivity contribution in [1.82, 2.24) is 19.7 Å². The molecule has 0 fully saturated rings. The molecule has 2 heterocycles. The Hall–Kier alpha value is -4.55. The second-order valence-electron chi connectivity index (χ2n) is 9.34. The van der Waals surface area contributed by atoms with Gasteiger partial charge in [0.25, 0.3) is 5.56 Å². The molecule has 3 N–H and O–H groups in total. The summed E-state index contributed by atoms with van der Waals surface area (Å²) < 4.78 is 51.2. The van der Waals surface area contributed by atoms with Crippen LogP contribution in [0.25, 0.3) is 28.2 Å². The number of nitrogens with one attached hydrogen (secondary N) is 2. The number of aromatic nitrogens is 4. The Morgan fingerprint density at radius 3 is 2.43 bits per heavy atom. The number of hydrogen-bond acceptors (Lipinski definition) is 5. The number of aromatic amines is 2. The highest BCUT2D eigenvalue weighted by atomic mass is 35.5. The average Bonchev–Trinajstić information content (AvgIpc) is 3.52. The number of carboxylic acid groups (broad SMARTS) is 1. The number of fused-ring (bicyclic) bond motifs is 1. The van der Waals surface area contributed by atoms with Gasteiger partial charge in [0.1, 0.15) is 19.0 Å². The fraction of sp³-hybridized carbons (Fsp3) is 0.207. The number of aliphatic carboxylic acids is 1. The molecular weight excluding hydrogens is 577 g/mol. The fourth-order valence-electron chi connectivity index (χ4n) is 4.39. The van der Waals surface area contributed by atoms with Gasteiger partial charge in [0, 0.05) is 10.6 Å². The molecule has 0 amide bonds. The molecule has 0 aliphatic heterocycles. The molecule has 218 valence electrons. The van der Waals surface area contributed by atoms with Gasteiger partial charge in [0.2, 0.25) is 5.95 Å². The number of hydrogen-bond donors (Lipinski definition) is 3. The number of aryl methyl sites for hydroxylation is 1. The van der Waals surface area contributed by atoms with Crippen molar-refractivity contribution in [3.63, 3.8) is 0 Å². The SMILES string of the molecule is O=C(O)COCCOc1ccc(CCc2c(-c3ccc(C(F)(F)F)cc3)[nH]n(-c3nc4ccc(Cl)cc4[nH]3)c2=O)cc1. The summed E-state index contributed by atoms with van der Waals surface area (Å²) in [5.74, 6) is -0.278. The van der Waals surface area contributed by atoms with Crippen LogP contribution in [0.1, 0.15) is 16.7 Å². The molecule has 13 heteroatoms. The highest BCUT2D eigenvalue weighted by Crippen LogP contribution is 2.31. The number of H-pyrrole nitrogens is 2. The van der Waals surface area contributed by atoms with E-state index in [9.17, 15) is 22.8 Å². The van der Waals surface area contributed by atoms with Crippen LogP contribution >= 0.6 is 11.6 Å². The van der Waals surface area contributed by atoms with Gasteiger partial charge in [0.15, 0.2) is 0 Å². The quantitative estimate of drug-likeness (QED) is 0.169. The molecule has 0 aliphatic rings. The summed E-state index contributed by atoms with van der Waals surface area (Å²) in [5, 5.41) is 12.1. The summed E-state index contributed by atoms with van der Waals surface area (Å²) in [5.41, 5.74) is 2.10. The van der Waals surface area contributed by atoms with Crippen molar-refractivity contribution in [2.24, 2.45) is 0 Å². The van der Waals surface area contributed by atoms with Crippen molar-refractivity contribution >= 4 is 28.6 Å². The summed E-state index contributed by atoms with van der Waals surface area (Å²) in [6.07, 6.45) is -3.75. The molecule has 2 aromatic heterocycles. The monoisotopic (exact) mass is 600 g/mol. The molecule has 5 rings (SSSR count). The molecule has 0 radical (unpaired) electrons. The topological polar surface area (TPSA) is 122 Å². The summed E-state index contributed by atoms with van der Waals surface area (Å²) in [6.45, 7) is -0.0961. The van der Waals surface area contributed by atoms with E-state index in [0.29, 0.717) is 45.0 Å². The van der Waals surface area contributed by atoms with Gasteiger partial charge in [-0.2, -0.15) is 17.9 Å². The van der Waals surface area contributed by atoms with Crippen LogP contribution in [0.15, 0.2) is 71.5 Å². The molecule has 0 aliphatic carbocycles. The third kappa shape index (κ3) is 6.67. The lowest BCUT2D eigenvalue weighted by Crippen LogP contribution is -2.18. The first-order valence-corrected chi connectivity index (χ1v) is 13.1. The number of halogens is 4. The van der Waals surface area contributed by atoms with Crippen LogP contribution < -0.4 is 10.3 Å². The van der Waals surface area contributed by atoms with Crippen LogP contribution in [0, 0.1) is 0 Å². The first kappa shape index (κ1) is 29.0. The predicted octanol–water partition coefficient (Wildman–Crippen LogP) is 5.65. The van der Waals surface area contributed by atoms with E-state index in [-0.39, 0.29) is 25.6 Å². The van der Waals surface area contributed by atoms with E-state index in [1.807, 2.05) is 12.1 Å². The van der Waals surface area contributed by atoms with E-state index >= 15 is 0 Å². The van der Waals surface area contributed by atoms with Crippen LogP contribution in [0.2, 0.25) is 5.02 Å². The van der Waals surface area contributed by atoms with E-state index in [2.05, 4.69) is 15.1 Å². The highest BCUT2D eigenvalue weighted by Gasteiger charge is 2.30. The first-order valence-electron chi connectivity index (χ1n) is 12.8. The van der Waals surface area contributed by atoms with E-state index < -0.39 is 29.9 Å². The number of carboxylic acids is 1. The third-order valence-corrected chi connectivity index (χ3v) is 6.67. The Balaban J connectivity index is 1.39. The van der Waals surface area contributed by atoms with Crippen LogP contribution in [0.3, 0.4) is 0 Å². The molecule has 0 saturated carbocycles. The number of rotatable bonds is 11. The lowest BCUT2D eigenvalue weighted by atomic mass is 10.0. The first-order chi connectivity index (χ1) is 20.1. The van der Waals surface area contributed by atoms with E-state index in [1.165, 1.54) is 16.8 Å². The lowest BCUT2D eigenvalue weighted by Gasteiger charge is -2.09. The zero-order valence-electron chi connectivity index (χ0n) is 21.9. The van der Waals surface area contributed by atoms with Crippen molar-refractivity contribution in [2.45, 2.75) is 19.0 Å². The maximum Gasteiger partial charge on any atom is 0.416 e. The minimum absolute atomic E-state index is 0.124. The second kappa shape index (κ2) is 12.1. The van der Waals surface area contributed by atoms with Crippen LogP contribution in [-0.4, -0.2) is 50.6 Å². The van der Waals surface area contributed by atoms with Gasteiger partial charge in [-0.3, -0.25) is 9.89 Å². The Labute approximate surface area is 241 Å². The molecule has 0 atom stereocenters. The zero-order chi connectivity index (χ0) is 29.9. The highest BCUT2D eigenvalue weighted by molar-refractivity contribution is 6.31. The minimum atomic E-state index is -4.49. The average molecular weight is 601 g/mol. The third-order valence-electron chi connectivity index (χ3n) is 6.44. The zero-order valence-corrected chi connectivity index (χ0v) is 22.6. The summed E-state index contributed by atoms with van der Waals surface area (Å²) in [6, 6.07) is 16.8. The molecule has 3 aromatic carbocycles. The van der Waals surface area contributed by atoms with Crippen LogP contribution in [-0.2, 0) is 28.5 Å². The normalized spacial score (nSPS) is 11.7. The van der Waals surface area contributed by atoms with Gasteiger partial charge in [-0.1, -0.05) is 35.9 Å². The Morgan fingerprint density at radius 2 is 1.74 bits per heavy atom. The molecule has 0 bridgehead atoms. The maximum absolute atomic E-state index is 13.6. The summed E-state index contributed by atoms with van der Waals surface area (Å²) in [4.78, 5) is 31.6. The van der Waals surface area contributed by atoms with Gasteiger partial charge in [-0.15, -0.1) is 0 Å². The largest absolute Gasteiger partial charge is 0.491 e. The van der Waals surface area contributed by atoms with Crippen molar-refractivity contribution in [3.05, 3.63) is 98.8 Å². The number of ether oxygens (including phenoxy) is 2. The number of imidazole rings is 1. The maximum atomic E-state index is 13.6. The second-order valence-corrected chi connectivity index (χ2v) is 9.78. The molecule has 5 aromatic rings. The van der Waals surface area contributed by atoms with Gasteiger partial charge in [-0.05, 0) is 66.4 Å². The van der Waals surface area contributed by atoms with Gasteiger partial charge in [0.05, 0.1) is 28.9 Å². The van der Waals surface area contributed by atoms with Crippen LogP contribution in [0.4, 0.5) is 13.2 Å². The van der Waals surface area contributed by atoms with Crippen molar-refractivity contribution in [3.8, 4) is 23.0 Å². The standard InChI is InChI=1S/C29H24ClF3N4O5/c30-20-8-12-23-24(15-20)35-28(34-23)37-27(40)22(26(36-37)18-4-6-19(7-5-18)29(31,32)33)11-3-17-1-9-21(10-2-17)42-14-13-41-16-25(38)39/h1-2,4-10,12,15,36H,3,11,13-14,16H2,(H,34,35)(H,38,39). The Kier molecular flexibility index (Phi) is 8.36. The van der Waals surface area contributed by atoms with Gasteiger partial charge < -0.3 is 19.6 Å². The Bertz CT molecular complexity index is 1760. The van der Waals surface area contributed by atoms with Crippen molar-refractivity contribution < 1.29 is 32.5 Å². The lowest BCUT2D eigenvalue weighted by molar-refractivity contribution is -0.142. The molecular formula is C29H24ClF3N4O5. The summed E-state index contributed by atoms with van der Waals surface area (Å²) >= 11 is 6.08. The van der Waals surface area contributed by atoms with E-state index in [0.717, 1.165) is 17.7 Å².